The minimum atomic E-state index is -3.05. The Morgan fingerprint density at radius 1 is 1.18 bits per heavy atom. The molecule has 0 bridgehead atoms. The smallest absolute Gasteiger partial charge is 0.305 e. The van der Waals surface area contributed by atoms with Crippen molar-refractivity contribution < 1.29 is 43.7 Å². The van der Waals surface area contributed by atoms with Crippen LogP contribution in [-0.2, 0) is 28.7 Å². The number of phenolic OH excluding ortho intramolecular Hbond substituents is 1. The molecule has 3 aliphatic carbocycles. The summed E-state index contributed by atoms with van der Waals surface area (Å²) in [7, 11) is 2.90. The first-order valence-corrected chi connectivity index (χ1v) is 12.6. The number of nitrogens with zero attached hydrogens (tertiary/aromatic N) is 2. The highest BCUT2D eigenvalue weighted by Gasteiger charge is 2.74. The molecule has 0 heterocycles. The molecule has 2 fully saturated rings. The Hall–Kier alpha value is -3.77. The first kappa shape index (κ1) is 28.2. The zero-order chi connectivity index (χ0) is 29.1. The largest absolute Gasteiger partial charge is 0.505 e. The fraction of sp³-hybridized carbons (Fsp3) is 0.519. The molecule has 4 rings (SSSR count). The number of aromatic hydroxyl groups is 1. The van der Waals surface area contributed by atoms with Crippen molar-refractivity contribution in [3.63, 3.8) is 0 Å². The second kappa shape index (κ2) is 9.76. The summed E-state index contributed by atoms with van der Waals surface area (Å²) in [6, 6.07) is 1.65. The van der Waals surface area contributed by atoms with E-state index in [0.717, 1.165) is 0 Å². The van der Waals surface area contributed by atoms with E-state index in [-0.39, 0.29) is 17.7 Å². The van der Waals surface area contributed by atoms with E-state index in [4.69, 9.17) is 10.5 Å². The molecular weight excluding hydrogens is 510 g/mol. The van der Waals surface area contributed by atoms with Gasteiger partial charge >= 0.3 is 5.97 Å². The summed E-state index contributed by atoms with van der Waals surface area (Å²) in [4.78, 5) is 85.3. The fourth-order valence-electron chi connectivity index (χ4n) is 6.57. The van der Waals surface area contributed by atoms with Gasteiger partial charge in [0.25, 0.3) is 0 Å². The number of aliphatic hydroxyl groups is 1. The number of esters is 1. The Morgan fingerprint density at radius 3 is 2.36 bits per heavy atom. The predicted molar refractivity (Wildman–Crippen MR) is 135 cm³/mol. The van der Waals surface area contributed by atoms with E-state index in [0.29, 0.717) is 5.56 Å². The lowest BCUT2D eigenvalue weighted by atomic mass is 9.49. The summed E-state index contributed by atoms with van der Waals surface area (Å²) in [5.41, 5.74) is 2.54. The number of hydrogen-bond donors (Lipinski definition) is 3. The Kier molecular flexibility index (Phi) is 7.07. The molecule has 208 valence electrons. The molecule has 12 nitrogen and oxygen atoms in total. The molecule has 39 heavy (non-hydrogen) atoms. The van der Waals surface area contributed by atoms with Crippen LogP contribution in [-0.4, -0.2) is 88.2 Å². The molecule has 12 heteroatoms. The standard InChI is InChI=1S/C27H31N3O9/c1-6-13(31)39-23-14-10(3)11-8-9-12(29-7-2)20(32)15(11)21(33)16(14)24(35)27(38)18(23)19(30(4)5)22(34)17(25(27)36)26(28)37/h7-10,14,16-19,23,32,38H,6H2,1-5H3,(H2,28,37)/t10-,14+,16?,17?,18+,19-,23-,27-/m0/s1. The van der Waals surface area contributed by atoms with Crippen molar-refractivity contribution in [2.45, 2.75) is 50.9 Å². The minimum absolute atomic E-state index is 0.0739. The lowest BCUT2D eigenvalue weighted by Crippen LogP contribution is -2.78. The number of carbonyl (C=O) groups is 6. The minimum Gasteiger partial charge on any atom is -0.505 e. The predicted octanol–water partition coefficient (Wildman–Crippen LogP) is 0.0819. The van der Waals surface area contributed by atoms with Gasteiger partial charge in [-0.25, -0.2) is 0 Å². The third-order valence-corrected chi connectivity index (χ3v) is 8.26. The summed E-state index contributed by atoms with van der Waals surface area (Å²) >= 11 is 0. The van der Waals surface area contributed by atoms with E-state index >= 15 is 0 Å². The van der Waals surface area contributed by atoms with Crippen molar-refractivity contribution in [1.82, 2.24) is 4.90 Å². The number of ketones is 4. The highest BCUT2D eigenvalue weighted by Crippen LogP contribution is 2.56. The lowest BCUT2D eigenvalue weighted by molar-refractivity contribution is -0.205. The molecule has 1 aromatic rings. The zero-order valence-electron chi connectivity index (χ0n) is 22.2. The van der Waals surface area contributed by atoms with Gasteiger partial charge in [-0.3, -0.25) is 38.7 Å². The monoisotopic (exact) mass is 541 g/mol. The lowest BCUT2D eigenvalue weighted by Gasteiger charge is -2.56. The number of primary amides is 1. The molecule has 4 N–H and O–H groups in total. The summed E-state index contributed by atoms with van der Waals surface area (Å²) in [5, 5.41) is 22.8. The third kappa shape index (κ3) is 3.84. The maximum absolute atomic E-state index is 14.1. The van der Waals surface area contributed by atoms with Gasteiger partial charge < -0.3 is 20.7 Å². The van der Waals surface area contributed by atoms with Crippen LogP contribution in [0.4, 0.5) is 5.69 Å². The molecule has 2 saturated carbocycles. The molecule has 1 amide bonds. The zero-order valence-corrected chi connectivity index (χ0v) is 22.2. The van der Waals surface area contributed by atoms with Crippen LogP contribution in [0.1, 0.15) is 49.0 Å². The van der Waals surface area contributed by atoms with Gasteiger partial charge in [-0.1, -0.05) is 19.9 Å². The number of benzene rings is 1. The molecule has 8 atom stereocenters. The average Bonchev–Trinajstić information content (AvgIpc) is 2.86. The van der Waals surface area contributed by atoms with Crippen LogP contribution in [0.15, 0.2) is 17.1 Å². The van der Waals surface area contributed by atoms with E-state index in [1.165, 1.54) is 38.2 Å². The highest BCUT2D eigenvalue weighted by atomic mass is 16.5. The van der Waals surface area contributed by atoms with Crippen molar-refractivity contribution in [3.8, 4) is 5.75 Å². The van der Waals surface area contributed by atoms with Crippen LogP contribution in [0.25, 0.3) is 0 Å². The first-order valence-electron chi connectivity index (χ1n) is 12.6. The molecular formula is C27H31N3O9. The van der Waals surface area contributed by atoms with E-state index in [9.17, 15) is 39.0 Å². The molecule has 3 aliphatic rings. The van der Waals surface area contributed by atoms with E-state index in [1.54, 1.807) is 19.9 Å². The second-order valence-corrected chi connectivity index (χ2v) is 10.5. The normalized spacial score (nSPS) is 34.1. The van der Waals surface area contributed by atoms with Gasteiger partial charge in [-0.15, -0.1) is 0 Å². The van der Waals surface area contributed by atoms with Gasteiger partial charge in [0, 0.05) is 18.6 Å². The summed E-state index contributed by atoms with van der Waals surface area (Å²) in [5.74, 6) is -14.4. The Balaban J connectivity index is 2.03. The number of rotatable bonds is 5. The van der Waals surface area contributed by atoms with Gasteiger partial charge in [0.2, 0.25) is 5.91 Å². The topological polar surface area (TPSA) is 194 Å². The first-order chi connectivity index (χ1) is 18.2. The van der Waals surface area contributed by atoms with Gasteiger partial charge in [-0.2, -0.15) is 0 Å². The second-order valence-electron chi connectivity index (χ2n) is 10.5. The van der Waals surface area contributed by atoms with Gasteiger partial charge in [0.05, 0.1) is 23.4 Å². The molecule has 0 radical (unpaired) electrons. The van der Waals surface area contributed by atoms with E-state index in [2.05, 4.69) is 4.99 Å². The number of Topliss-reactive ketones (excluding diaryl/α,β-unsaturated/α-hetero) is 4. The van der Waals surface area contributed by atoms with Crippen molar-refractivity contribution in [1.29, 1.82) is 0 Å². The third-order valence-electron chi connectivity index (χ3n) is 8.26. The molecule has 0 spiro atoms. The number of likely N-dealkylation sites (N-methyl/N-ethyl adjacent to an activating group) is 1. The van der Waals surface area contributed by atoms with Crippen molar-refractivity contribution in [2.75, 3.05) is 14.1 Å². The highest BCUT2D eigenvalue weighted by molar-refractivity contribution is 6.32. The number of fused-ring (bicyclic) bond motifs is 3. The number of phenols is 1. The Bertz CT molecular complexity index is 1340. The van der Waals surface area contributed by atoms with Crippen molar-refractivity contribution in [3.05, 3.63) is 23.3 Å². The van der Waals surface area contributed by atoms with Gasteiger partial charge in [0.1, 0.15) is 11.8 Å². The summed E-state index contributed by atoms with van der Waals surface area (Å²) < 4.78 is 5.76. The Morgan fingerprint density at radius 2 is 1.82 bits per heavy atom. The maximum Gasteiger partial charge on any atom is 0.305 e. The van der Waals surface area contributed by atoms with Crippen LogP contribution in [0, 0.1) is 23.7 Å². The molecule has 1 aromatic carbocycles. The maximum atomic E-state index is 14.1. The number of aliphatic imine (C=N–C) groups is 1. The quantitative estimate of drug-likeness (QED) is 0.261. The van der Waals surface area contributed by atoms with E-state index in [1.807, 2.05) is 0 Å². The average molecular weight is 542 g/mol. The molecule has 0 saturated heterocycles. The number of carbonyl (C=O) groups excluding carboxylic acids is 6. The van der Waals surface area contributed by atoms with Crippen molar-refractivity contribution in [2.24, 2.45) is 34.4 Å². The summed E-state index contributed by atoms with van der Waals surface area (Å²) in [6.07, 6.45) is -0.158. The van der Waals surface area contributed by atoms with Crippen LogP contribution >= 0.6 is 0 Å². The number of hydrogen-bond acceptors (Lipinski definition) is 11. The SMILES string of the molecule is CC=Nc1ccc2c(c1O)C(=O)C1C(=O)[C@]3(O)C(=O)C(C(N)=O)C(=O)[C@@H](N(C)C)[C@@H]3[C@@H](OC(=O)CC)[C@@H]1[C@H]2C. The number of nitrogens with two attached hydrogens (primary N) is 1. The molecule has 0 aliphatic heterocycles. The van der Waals surface area contributed by atoms with Crippen LogP contribution < -0.4 is 5.73 Å². The van der Waals surface area contributed by atoms with E-state index < -0.39 is 88.1 Å². The van der Waals surface area contributed by atoms with Crippen LogP contribution in [0.5, 0.6) is 5.75 Å². The summed E-state index contributed by atoms with van der Waals surface area (Å²) in [6.45, 7) is 4.79. The number of ether oxygens (including phenoxy) is 1. The number of amides is 1. The van der Waals surface area contributed by atoms with Gasteiger partial charge in [-0.05, 0) is 38.6 Å². The van der Waals surface area contributed by atoms with Crippen LogP contribution in [0.2, 0.25) is 0 Å². The molecule has 0 aromatic heterocycles. The fourth-order valence-corrected chi connectivity index (χ4v) is 6.57. The van der Waals surface area contributed by atoms with Crippen molar-refractivity contribution >= 4 is 46.9 Å². The Labute approximate surface area is 224 Å². The van der Waals surface area contributed by atoms with Gasteiger partial charge in [0.15, 0.2) is 40.4 Å². The molecule has 2 unspecified atom stereocenters. The van der Waals surface area contributed by atoms with Crippen LogP contribution in [0.3, 0.4) is 0 Å².